The van der Waals surface area contributed by atoms with Gasteiger partial charge in [0.1, 0.15) is 11.5 Å². The van der Waals surface area contributed by atoms with Gasteiger partial charge in [-0.3, -0.25) is 9.59 Å². The van der Waals surface area contributed by atoms with E-state index in [1.807, 2.05) is 0 Å². The topological polar surface area (TPSA) is 87.1 Å². The number of nitrogens with zero attached hydrogens (tertiary/aromatic N) is 1. The van der Waals surface area contributed by atoms with Crippen LogP contribution in [0.25, 0.3) is 5.76 Å². The van der Waals surface area contributed by atoms with Crippen molar-refractivity contribution in [3.05, 3.63) is 69.7 Å². The van der Waals surface area contributed by atoms with Gasteiger partial charge in [-0.05, 0) is 42.7 Å². The molecule has 0 aliphatic carbocycles. The van der Waals surface area contributed by atoms with Gasteiger partial charge in [0.05, 0.1) is 17.7 Å². The highest BCUT2D eigenvalue weighted by atomic mass is 79.9. The molecule has 2 aromatic carbocycles. The number of rotatable bonds is 4. The number of carbonyl (C=O) groups excluding carboxylic acids is 2. The highest BCUT2D eigenvalue weighted by Gasteiger charge is 2.47. The molecule has 2 saturated heterocycles. The highest BCUT2D eigenvalue weighted by Crippen LogP contribution is 2.40. The first kappa shape index (κ1) is 19.7. The van der Waals surface area contributed by atoms with E-state index in [2.05, 4.69) is 15.9 Å². The smallest absolute Gasteiger partial charge is 0.295 e. The van der Waals surface area contributed by atoms with Crippen LogP contribution in [-0.4, -0.2) is 46.1 Å². The average molecular weight is 458 g/mol. The zero-order valence-corrected chi connectivity index (χ0v) is 17.1. The van der Waals surface area contributed by atoms with Crippen molar-refractivity contribution in [3.8, 4) is 5.75 Å². The summed E-state index contributed by atoms with van der Waals surface area (Å²) in [6.07, 6.45) is 1.56. The first-order valence-corrected chi connectivity index (χ1v) is 10.2. The molecular formula is C22H20BrNO5. The zero-order chi connectivity index (χ0) is 20.5. The second-order valence-electron chi connectivity index (χ2n) is 7.19. The fourth-order valence-electron chi connectivity index (χ4n) is 3.88. The minimum absolute atomic E-state index is 0.0147. The maximum Gasteiger partial charge on any atom is 0.295 e. The third kappa shape index (κ3) is 3.80. The minimum Gasteiger partial charge on any atom is -0.508 e. The molecule has 29 heavy (non-hydrogen) atoms. The number of halogens is 1. The monoisotopic (exact) mass is 457 g/mol. The highest BCUT2D eigenvalue weighted by molar-refractivity contribution is 9.10. The Morgan fingerprint density at radius 3 is 2.59 bits per heavy atom. The van der Waals surface area contributed by atoms with Crippen LogP contribution in [0.5, 0.6) is 5.75 Å². The summed E-state index contributed by atoms with van der Waals surface area (Å²) in [6.45, 7) is 0.881. The Morgan fingerprint density at radius 2 is 1.93 bits per heavy atom. The van der Waals surface area contributed by atoms with E-state index in [4.69, 9.17) is 4.74 Å². The number of phenolic OH excluding ortho intramolecular Hbond substituents is 1. The van der Waals surface area contributed by atoms with Crippen LogP contribution in [0.3, 0.4) is 0 Å². The summed E-state index contributed by atoms with van der Waals surface area (Å²) < 4.78 is 6.49. The third-order valence-electron chi connectivity index (χ3n) is 5.27. The van der Waals surface area contributed by atoms with Crippen LogP contribution in [0.1, 0.15) is 30.0 Å². The van der Waals surface area contributed by atoms with Crippen LogP contribution < -0.4 is 0 Å². The molecule has 2 atom stereocenters. The number of aliphatic hydroxyl groups is 1. The van der Waals surface area contributed by atoms with Crippen molar-refractivity contribution in [1.29, 1.82) is 0 Å². The molecule has 2 aromatic rings. The molecule has 0 saturated carbocycles. The summed E-state index contributed by atoms with van der Waals surface area (Å²) >= 11 is 3.35. The first-order valence-electron chi connectivity index (χ1n) is 9.40. The van der Waals surface area contributed by atoms with E-state index in [1.54, 1.807) is 36.4 Å². The molecule has 2 aliphatic rings. The Kier molecular flexibility index (Phi) is 5.43. The Balaban J connectivity index is 1.83. The second kappa shape index (κ2) is 8.00. The van der Waals surface area contributed by atoms with Gasteiger partial charge >= 0.3 is 0 Å². The SMILES string of the molecule is O=C1C(=O)N(CC2CCCO2)C(c2cccc(O)c2)C1=C(O)c1ccc(Br)cc1. The molecule has 2 fully saturated rings. The lowest BCUT2D eigenvalue weighted by molar-refractivity contribution is -0.140. The molecule has 0 radical (unpaired) electrons. The van der Waals surface area contributed by atoms with Crippen molar-refractivity contribution in [3.63, 3.8) is 0 Å². The number of ether oxygens (including phenoxy) is 1. The second-order valence-corrected chi connectivity index (χ2v) is 8.10. The molecule has 6 nitrogen and oxygen atoms in total. The number of hydrogen-bond donors (Lipinski definition) is 2. The summed E-state index contributed by atoms with van der Waals surface area (Å²) in [5, 5.41) is 20.9. The number of Topliss-reactive ketones (excluding diaryl/α,β-unsaturated/α-hetero) is 1. The largest absolute Gasteiger partial charge is 0.508 e. The van der Waals surface area contributed by atoms with Gasteiger partial charge in [-0.1, -0.05) is 40.2 Å². The molecule has 150 valence electrons. The Bertz CT molecular complexity index is 979. The fourth-order valence-corrected chi connectivity index (χ4v) is 4.15. The van der Waals surface area contributed by atoms with Crippen molar-refractivity contribution >= 4 is 33.4 Å². The summed E-state index contributed by atoms with van der Waals surface area (Å²) in [5.41, 5.74) is 1.01. The van der Waals surface area contributed by atoms with Gasteiger partial charge in [0, 0.05) is 23.2 Å². The molecule has 0 aromatic heterocycles. The fraction of sp³-hybridized carbons (Fsp3) is 0.273. The number of ketones is 1. The van der Waals surface area contributed by atoms with E-state index in [0.717, 1.165) is 17.3 Å². The van der Waals surface area contributed by atoms with Crippen LogP contribution in [0, 0.1) is 0 Å². The lowest BCUT2D eigenvalue weighted by atomic mass is 9.95. The number of aromatic hydroxyl groups is 1. The normalized spacial score (nSPS) is 23.7. The number of carbonyl (C=O) groups is 2. The van der Waals surface area contributed by atoms with Gasteiger partial charge in [-0.15, -0.1) is 0 Å². The maximum atomic E-state index is 12.9. The van der Waals surface area contributed by atoms with Crippen molar-refractivity contribution in [2.24, 2.45) is 0 Å². The van der Waals surface area contributed by atoms with Gasteiger partial charge in [-0.25, -0.2) is 0 Å². The lowest BCUT2D eigenvalue weighted by Gasteiger charge is -2.27. The molecule has 2 aliphatic heterocycles. The number of benzene rings is 2. The van der Waals surface area contributed by atoms with E-state index >= 15 is 0 Å². The first-order chi connectivity index (χ1) is 14.0. The van der Waals surface area contributed by atoms with E-state index in [0.29, 0.717) is 17.7 Å². The predicted octanol–water partition coefficient (Wildman–Crippen LogP) is 3.76. The Morgan fingerprint density at radius 1 is 1.17 bits per heavy atom. The number of likely N-dealkylation sites (tertiary alicyclic amines) is 1. The molecule has 2 N–H and O–H groups in total. The average Bonchev–Trinajstić information content (AvgIpc) is 3.30. The number of amides is 1. The van der Waals surface area contributed by atoms with Gasteiger partial charge in [-0.2, -0.15) is 0 Å². The van der Waals surface area contributed by atoms with Gasteiger partial charge in [0.15, 0.2) is 0 Å². The van der Waals surface area contributed by atoms with E-state index < -0.39 is 17.7 Å². The molecular weight excluding hydrogens is 438 g/mol. The third-order valence-corrected chi connectivity index (χ3v) is 5.80. The zero-order valence-electron chi connectivity index (χ0n) is 15.5. The number of hydrogen-bond acceptors (Lipinski definition) is 5. The van der Waals surface area contributed by atoms with Crippen LogP contribution in [0.4, 0.5) is 0 Å². The maximum absolute atomic E-state index is 12.9. The summed E-state index contributed by atoms with van der Waals surface area (Å²) in [7, 11) is 0. The van der Waals surface area contributed by atoms with Gasteiger partial charge < -0.3 is 19.8 Å². The Hall–Kier alpha value is -2.64. The van der Waals surface area contributed by atoms with Crippen LogP contribution in [0.15, 0.2) is 58.6 Å². The number of phenols is 1. The predicted molar refractivity (Wildman–Crippen MR) is 110 cm³/mol. The molecule has 2 unspecified atom stereocenters. The van der Waals surface area contributed by atoms with Crippen LogP contribution >= 0.6 is 15.9 Å². The van der Waals surface area contributed by atoms with Gasteiger partial charge in [0.2, 0.25) is 0 Å². The molecule has 1 amide bonds. The standard InChI is InChI=1S/C22H20BrNO5/c23-15-8-6-13(7-9-15)20(26)18-19(14-3-1-4-16(25)11-14)24(22(28)21(18)27)12-17-5-2-10-29-17/h1,3-4,6-9,11,17,19,25-26H,2,5,10,12H2. The Labute approximate surface area is 176 Å². The van der Waals surface area contributed by atoms with Crippen molar-refractivity contribution in [1.82, 2.24) is 4.90 Å². The van der Waals surface area contributed by atoms with Crippen molar-refractivity contribution in [2.75, 3.05) is 13.2 Å². The lowest BCUT2D eigenvalue weighted by Crippen LogP contribution is -2.36. The van der Waals surface area contributed by atoms with Crippen molar-refractivity contribution < 1.29 is 24.5 Å². The van der Waals surface area contributed by atoms with E-state index in [-0.39, 0.29) is 29.7 Å². The van der Waals surface area contributed by atoms with Crippen LogP contribution in [-0.2, 0) is 14.3 Å². The molecule has 4 rings (SSSR count). The summed E-state index contributed by atoms with van der Waals surface area (Å²) in [4.78, 5) is 27.2. The molecule has 2 heterocycles. The number of aliphatic hydroxyl groups excluding tert-OH is 1. The van der Waals surface area contributed by atoms with E-state index in [1.165, 1.54) is 17.0 Å². The van der Waals surface area contributed by atoms with Gasteiger partial charge in [0.25, 0.3) is 11.7 Å². The summed E-state index contributed by atoms with van der Waals surface area (Å²) in [6, 6.07) is 12.5. The molecule has 7 heteroatoms. The minimum atomic E-state index is -0.796. The quantitative estimate of drug-likeness (QED) is 0.414. The van der Waals surface area contributed by atoms with Crippen LogP contribution in [0.2, 0.25) is 0 Å². The van der Waals surface area contributed by atoms with Crippen molar-refractivity contribution in [2.45, 2.75) is 25.0 Å². The van der Waals surface area contributed by atoms with E-state index in [9.17, 15) is 19.8 Å². The summed E-state index contributed by atoms with van der Waals surface area (Å²) in [5.74, 6) is -1.63. The molecule has 0 bridgehead atoms. The molecule has 0 spiro atoms.